The minimum Gasteiger partial charge on any atom is -0.255 e. The molecule has 0 saturated heterocycles. The van der Waals surface area contributed by atoms with Gasteiger partial charge in [-0.1, -0.05) is 30.3 Å². The second-order valence-corrected chi connectivity index (χ2v) is 4.20. The number of fused-ring (bicyclic) bond motifs is 1. The van der Waals surface area contributed by atoms with Crippen LogP contribution in [0.3, 0.4) is 0 Å². The minimum atomic E-state index is 1.04. The Morgan fingerprint density at radius 1 is 1.21 bits per heavy atom. The molecule has 2 rings (SSSR count). The first kappa shape index (κ1) is 9.65. The van der Waals surface area contributed by atoms with Crippen molar-refractivity contribution in [3.8, 4) is 0 Å². The summed E-state index contributed by atoms with van der Waals surface area (Å²) >= 11 is 2.32. The molecule has 0 unspecified atom stereocenters. The Balaban J connectivity index is 2.81. The van der Waals surface area contributed by atoms with E-state index >= 15 is 0 Å². The summed E-state index contributed by atoms with van der Waals surface area (Å²) in [7, 11) is 0. The monoisotopic (exact) mass is 295 g/mol. The number of benzene rings is 1. The Morgan fingerprint density at radius 2 is 1.93 bits per heavy atom. The van der Waals surface area contributed by atoms with E-state index in [1.165, 1.54) is 14.3 Å². The van der Waals surface area contributed by atoms with Crippen LogP contribution in [0, 0.1) is 3.57 Å². The number of pyridine rings is 1. The van der Waals surface area contributed by atoms with E-state index in [1.807, 2.05) is 31.3 Å². The maximum Gasteiger partial charge on any atom is 0.0705 e. The van der Waals surface area contributed by atoms with Gasteiger partial charge in [-0.2, -0.15) is 0 Å². The van der Waals surface area contributed by atoms with Gasteiger partial charge in [-0.05, 0) is 41.0 Å². The molecule has 2 heteroatoms. The van der Waals surface area contributed by atoms with Crippen LogP contribution in [0.2, 0.25) is 0 Å². The van der Waals surface area contributed by atoms with Crippen molar-refractivity contribution in [1.29, 1.82) is 0 Å². The van der Waals surface area contributed by atoms with Crippen LogP contribution in [0.15, 0.2) is 36.5 Å². The Bertz CT molecular complexity index is 489. The molecule has 0 aliphatic rings. The number of hydrogen-bond acceptors (Lipinski definition) is 1. The van der Waals surface area contributed by atoms with E-state index in [9.17, 15) is 0 Å². The minimum absolute atomic E-state index is 1.04. The molecule has 0 fully saturated rings. The molecule has 14 heavy (non-hydrogen) atoms. The zero-order valence-electron chi connectivity index (χ0n) is 7.87. The lowest BCUT2D eigenvalue weighted by Crippen LogP contribution is -1.86. The second kappa shape index (κ2) is 4.09. The van der Waals surface area contributed by atoms with Crippen LogP contribution >= 0.6 is 22.6 Å². The Morgan fingerprint density at radius 3 is 2.64 bits per heavy atom. The van der Waals surface area contributed by atoms with Gasteiger partial charge in [0, 0.05) is 15.2 Å². The summed E-state index contributed by atoms with van der Waals surface area (Å²) in [6.45, 7) is 2.01. The van der Waals surface area contributed by atoms with Crippen LogP contribution in [0.5, 0.6) is 0 Å². The van der Waals surface area contributed by atoms with Gasteiger partial charge in [-0.25, -0.2) is 0 Å². The van der Waals surface area contributed by atoms with Crippen LogP contribution in [0.1, 0.15) is 12.6 Å². The molecule has 0 saturated carbocycles. The van der Waals surface area contributed by atoms with Crippen molar-refractivity contribution in [2.24, 2.45) is 0 Å². The molecule has 0 atom stereocenters. The summed E-state index contributed by atoms with van der Waals surface area (Å²) in [5, 5.41) is 2.49. The van der Waals surface area contributed by atoms with Crippen molar-refractivity contribution in [2.75, 3.05) is 0 Å². The number of halogens is 1. The summed E-state index contributed by atoms with van der Waals surface area (Å²) in [4.78, 5) is 4.40. The van der Waals surface area contributed by atoms with Crippen molar-refractivity contribution in [2.45, 2.75) is 6.92 Å². The third-order valence-corrected chi connectivity index (χ3v) is 2.96. The molecule has 0 aliphatic heterocycles. The van der Waals surface area contributed by atoms with Gasteiger partial charge < -0.3 is 0 Å². The van der Waals surface area contributed by atoms with E-state index in [4.69, 9.17) is 0 Å². The Kier molecular flexibility index (Phi) is 2.82. The van der Waals surface area contributed by atoms with Crippen molar-refractivity contribution in [3.63, 3.8) is 0 Å². The van der Waals surface area contributed by atoms with Crippen LogP contribution < -0.4 is 0 Å². The predicted octanol–water partition coefficient (Wildman–Crippen LogP) is 3.87. The smallest absolute Gasteiger partial charge is 0.0705 e. The summed E-state index contributed by atoms with van der Waals surface area (Å²) < 4.78 is 1.20. The number of aromatic nitrogens is 1. The van der Waals surface area contributed by atoms with Crippen molar-refractivity contribution >= 4 is 39.4 Å². The topological polar surface area (TPSA) is 12.9 Å². The first-order chi connectivity index (χ1) is 6.83. The van der Waals surface area contributed by atoms with Gasteiger partial charge in [-0.15, -0.1) is 0 Å². The van der Waals surface area contributed by atoms with Gasteiger partial charge in [0.05, 0.1) is 5.69 Å². The molecule has 1 nitrogen and oxygen atoms in total. The normalized spacial score (nSPS) is 11.3. The molecular formula is C12H10IN. The number of hydrogen-bond donors (Lipinski definition) is 0. The van der Waals surface area contributed by atoms with Gasteiger partial charge in [0.15, 0.2) is 0 Å². The predicted molar refractivity (Wildman–Crippen MR) is 69.2 cm³/mol. The molecule has 0 aliphatic carbocycles. The fourth-order valence-electron chi connectivity index (χ4n) is 1.47. The van der Waals surface area contributed by atoms with E-state index < -0.39 is 0 Å². The van der Waals surface area contributed by atoms with E-state index in [2.05, 4.69) is 45.8 Å². The molecule has 1 aromatic heterocycles. The number of rotatable bonds is 1. The first-order valence-corrected chi connectivity index (χ1v) is 5.56. The SMILES string of the molecule is C/C=C/c1ncc(I)c2ccccc12. The highest BCUT2D eigenvalue weighted by atomic mass is 127. The largest absolute Gasteiger partial charge is 0.255 e. The van der Waals surface area contributed by atoms with E-state index in [0.717, 1.165) is 5.69 Å². The van der Waals surface area contributed by atoms with Gasteiger partial charge in [0.1, 0.15) is 0 Å². The highest BCUT2D eigenvalue weighted by molar-refractivity contribution is 14.1. The highest BCUT2D eigenvalue weighted by Crippen LogP contribution is 2.22. The van der Waals surface area contributed by atoms with Gasteiger partial charge in [0.2, 0.25) is 0 Å². The fourth-order valence-corrected chi connectivity index (χ4v) is 2.08. The Hall–Kier alpha value is -0.900. The lowest BCUT2D eigenvalue weighted by atomic mass is 10.1. The lowest BCUT2D eigenvalue weighted by molar-refractivity contribution is 1.31. The molecular weight excluding hydrogens is 285 g/mol. The molecule has 2 aromatic rings. The average Bonchev–Trinajstić information content (AvgIpc) is 2.23. The van der Waals surface area contributed by atoms with Crippen LogP contribution in [-0.4, -0.2) is 4.98 Å². The fraction of sp³-hybridized carbons (Fsp3) is 0.0833. The summed E-state index contributed by atoms with van der Waals surface area (Å²) in [5.74, 6) is 0. The van der Waals surface area contributed by atoms with Crippen LogP contribution in [0.4, 0.5) is 0 Å². The maximum atomic E-state index is 4.40. The third kappa shape index (κ3) is 1.66. The molecule has 0 spiro atoms. The Labute approximate surface area is 97.0 Å². The number of nitrogens with zero attached hydrogens (tertiary/aromatic N) is 1. The lowest BCUT2D eigenvalue weighted by Gasteiger charge is -2.02. The summed E-state index contributed by atoms with van der Waals surface area (Å²) in [5.41, 5.74) is 1.04. The highest BCUT2D eigenvalue weighted by Gasteiger charge is 2.01. The van der Waals surface area contributed by atoms with Crippen molar-refractivity contribution < 1.29 is 0 Å². The maximum absolute atomic E-state index is 4.40. The van der Waals surface area contributed by atoms with Crippen LogP contribution in [0.25, 0.3) is 16.8 Å². The molecule has 1 heterocycles. The molecule has 70 valence electrons. The van der Waals surface area contributed by atoms with Gasteiger partial charge in [-0.3, -0.25) is 4.98 Å². The van der Waals surface area contributed by atoms with E-state index in [1.54, 1.807) is 0 Å². The summed E-state index contributed by atoms with van der Waals surface area (Å²) in [6.07, 6.45) is 5.97. The standard InChI is InChI=1S/C12H10IN/c1-2-5-12-10-7-4-3-6-9(10)11(13)8-14-12/h2-8H,1H3/b5-2+. The molecule has 0 amide bonds. The zero-order chi connectivity index (χ0) is 9.97. The van der Waals surface area contributed by atoms with Gasteiger partial charge in [0.25, 0.3) is 0 Å². The average molecular weight is 295 g/mol. The van der Waals surface area contributed by atoms with Gasteiger partial charge >= 0.3 is 0 Å². The van der Waals surface area contributed by atoms with E-state index in [-0.39, 0.29) is 0 Å². The first-order valence-electron chi connectivity index (χ1n) is 4.49. The summed E-state index contributed by atoms with van der Waals surface area (Å²) in [6, 6.07) is 8.35. The second-order valence-electron chi connectivity index (χ2n) is 3.04. The van der Waals surface area contributed by atoms with Crippen LogP contribution in [-0.2, 0) is 0 Å². The molecule has 0 radical (unpaired) electrons. The van der Waals surface area contributed by atoms with E-state index in [0.29, 0.717) is 0 Å². The molecule has 0 N–H and O–H groups in total. The third-order valence-electron chi connectivity index (χ3n) is 2.10. The number of allylic oxidation sites excluding steroid dienone is 1. The van der Waals surface area contributed by atoms with Crippen molar-refractivity contribution in [1.82, 2.24) is 4.98 Å². The zero-order valence-corrected chi connectivity index (χ0v) is 10.0. The molecule has 1 aromatic carbocycles. The molecule has 0 bridgehead atoms. The quantitative estimate of drug-likeness (QED) is 0.728. The van der Waals surface area contributed by atoms with Crippen molar-refractivity contribution in [3.05, 3.63) is 45.8 Å².